The van der Waals surface area contributed by atoms with Gasteiger partial charge < -0.3 is 0 Å². The molecule has 0 fully saturated rings. The molecule has 0 aromatic carbocycles. The van der Waals surface area contributed by atoms with E-state index in [2.05, 4.69) is 9.97 Å². The maximum absolute atomic E-state index is 13.0. The summed E-state index contributed by atoms with van der Waals surface area (Å²) >= 11 is 5.73. The van der Waals surface area contributed by atoms with E-state index in [9.17, 15) is 9.18 Å². The third-order valence-electron chi connectivity index (χ3n) is 2.47. The van der Waals surface area contributed by atoms with Crippen LogP contribution in [0.4, 0.5) is 4.39 Å². The highest BCUT2D eigenvalue weighted by Gasteiger charge is 2.07. The van der Waals surface area contributed by atoms with E-state index in [1.165, 1.54) is 22.9 Å². The van der Waals surface area contributed by atoms with Crippen LogP contribution < -0.4 is 5.56 Å². The molecule has 0 aliphatic carbocycles. The van der Waals surface area contributed by atoms with Crippen molar-refractivity contribution in [2.24, 2.45) is 0 Å². The van der Waals surface area contributed by atoms with Gasteiger partial charge in [0.25, 0.3) is 5.56 Å². The first-order chi connectivity index (χ1) is 8.60. The highest BCUT2D eigenvalue weighted by Crippen LogP contribution is 2.07. The summed E-state index contributed by atoms with van der Waals surface area (Å²) in [5.74, 6) is 0.136. The molecule has 94 valence electrons. The van der Waals surface area contributed by atoms with Gasteiger partial charge in [0.1, 0.15) is 16.8 Å². The molecule has 2 aromatic heterocycles. The van der Waals surface area contributed by atoms with Gasteiger partial charge in [0.2, 0.25) is 0 Å². The molecule has 0 unspecified atom stereocenters. The zero-order valence-electron chi connectivity index (χ0n) is 9.73. The Bertz CT molecular complexity index is 627. The lowest BCUT2D eigenvalue weighted by Crippen LogP contribution is -2.24. The van der Waals surface area contributed by atoms with E-state index >= 15 is 0 Å². The molecule has 0 bridgehead atoms. The number of hydrogen-bond donors (Lipinski definition) is 0. The van der Waals surface area contributed by atoms with Crippen LogP contribution in [0.2, 0.25) is 5.15 Å². The summed E-state index contributed by atoms with van der Waals surface area (Å²) in [7, 11) is 0. The van der Waals surface area contributed by atoms with Crippen molar-refractivity contribution in [1.29, 1.82) is 0 Å². The molecule has 0 radical (unpaired) electrons. The average Bonchev–Trinajstić information content (AvgIpc) is 2.32. The van der Waals surface area contributed by atoms with E-state index < -0.39 is 5.82 Å². The second-order valence-corrected chi connectivity index (χ2v) is 4.17. The molecule has 2 heterocycles. The SMILES string of the molecule is CCc1nc(Cl)cc(=O)n1Cc1cncc(F)c1. The molecule has 2 rings (SSSR count). The van der Waals surface area contributed by atoms with Gasteiger partial charge in [0.05, 0.1) is 12.7 Å². The topological polar surface area (TPSA) is 47.8 Å². The van der Waals surface area contributed by atoms with Gasteiger partial charge in [0.15, 0.2) is 0 Å². The summed E-state index contributed by atoms with van der Waals surface area (Å²) in [4.78, 5) is 19.7. The van der Waals surface area contributed by atoms with Crippen molar-refractivity contribution in [3.05, 3.63) is 57.2 Å². The molecule has 0 saturated carbocycles. The zero-order chi connectivity index (χ0) is 13.1. The van der Waals surface area contributed by atoms with E-state index in [0.29, 0.717) is 17.8 Å². The minimum Gasteiger partial charge on any atom is -0.292 e. The third-order valence-corrected chi connectivity index (χ3v) is 2.67. The van der Waals surface area contributed by atoms with Crippen molar-refractivity contribution in [2.45, 2.75) is 19.9 Å². The monoisotopic (exact) mass is 267 g/mol. The highest BCUT2D eigenvalue weighted by atomic mass is 35.5. The van der Waals surface area contributed by atoms with E-state index in [-0.39, 0.29) is 17.3 Å². The summed E-state index contributed by atoms with van der Waals surface area (Å²) in [6.07, 6.45) is 3.20. The molecular formula is C12H11ClFN3O. The average molecular weight is 268 g/mol. The van der Waals surface area contributed by atoms with Crippen LogP contribution in [0.15, 0.2) is 29.3 Å². The zero-order valence-corrected chi connectivity index (χ0v) is 10.5. The van der Waals surface area contributed by atoms with E-state index in [4.69, 9.17) is 11.6 Å². The predicted molar refractivity (Wildman–Crippen MR) is 66.2 cm³/mol. The standard InChI is InChI=1S/C12H11ClFN3O/c1-2-11-16-10(13)4-12(18)17(11)7-8-3-9(14)6-15-5-8/h3-6H,2,7H2,1H3. The van der Waals surface area contributed by atoms with Gasteiger partial charge >= 0.3 is 0 Å². The second-order valence-electron chi connectivity index (χ2n) is 3.78. The lowest BCUT2D eigenvalue weighted by Gasteiger charge is -2.10. The molecule has 0 atom stereocenters. The Morgan fingerprint density at radius 3 is 2.83 bits per heavy atom. The first-order valence-corrected chi connectivity index (χ1v) is 5.83. The molecule has 0 saturated heterocycles. The van der Waals surface area contributed by atoms with Crippen molar-refractivity contribution in [3.63, 3.8) is 0 Å². The summed E-state index contributed by atoms with van der Waals surface area (Å²) in [6.45, 7) is 2.11. The molecule has 4 nitrogen and oxygen atoms in total. The smallest absolute Gasteiger partial charge is 0.255 e. The highest BCUT2D eigenvalue weighted by molar-refractivity contribution is 6.29. The van der Waals surface area contributed by atoms with Crippen LogP contribution in [-0.2, 0) is 13.0 Å². The molecule has 0 N–H and O–H groups in total. The number of nitrogens with zero attached hydrogens (tertiary/aromatic N) is 3. The Kier molecular flexibility index (Phi) is 3.72. The van der Waals surface area contributed by atoms with Gasteiger partial charge in [0, 0.05) is 18.7 Å². The summed E-state index contributed by atoms with van der Waals surface area (Å²) in [5.41, 5.74) is 0.354. The predicted octanol–water partition coefficient (Wildman–Crippen LogP) is 2.04. The van der Waals surface area contributed by atoms with Crippen molar-refractivity contribution in [2.75, 3.05) is 0 Å². The van der Waals surface area contributed by atoms with Crippen molar-refractivity contribution in [3.8, 4) is 0 Å². The summed E-state index contributed by atoms with van der Waals surface area (Å²) < 4.78 is 14.5. The largest absolute Gasteiger partial charge is 0.292 e. The first kappa shape index (κ1) is 12.7. The Balaban J connectivity index is 2.43. The van der Waals surface area contributed by atoms with Gasteiger partial charge in [-0.15, -0.1) is 0 Å². The van der Waals surface area contributed by atoms with Crippen molar-refractivity contribution in [1.82, 2.24) is 14.5 Å². The lowest BCUT2D eigenvalue weighted by molar-refractivity contribution is 0.611. The Labute approximate surface area is 108 Å². The Hall–Kier alpha value is -1.75. The summed E-state index contributed by atoms with van der Waals surface area (Å²) in [5, 5.41) is 0.172. The minimum absolute atomic E-state index is 0.172. The molecule has 2 aromatic rings. The Morgan fingerprint density at radius 1 is 1.39 bits per heavy atom. The molecule has 0 spiro atoms. The quantitative estimate of drug-likeness (QED) is 0.800. The third kappa shape index (κ3) is 2.73. The van der Waals surface area contributed by atoms with Crippen LogP contribution in [0.1, 0.15) is 18.3 Å². The molecular weight excluding hydrogens is 257 g/mol. The van der Waals surface area contributed by atoms with Gasteiger partial charge in [-0.05, 0) is 11.6 Å². The number of hydrogen-bond acceptors (Lipinski definition) is 3. The number of aromatic nitrogens is 3. The van der Waals surface area contributed by atoms with Gasteiger partial charge in [-0.1, -0.05) is 18.5 Å². The minimum atomic E-state index is -0.430. The molecule has 6 heteroatoms. The van der Waals surface area contributed by atoms with Crippen LogP contribution in [0, 0.1) is 5.82 Å². The number of halogens is 2. The lowest BCUT2D eigenvalue weighted by atomic mass is 10.2. The van der Waals surface area contributed by atoms with Gasteiger partial charge in [-0.2, -0.15) is 0 Å². The fourth-order valence-corrected chi connectivity index (χ4v) is 1.88. The van der Waals surface area contributed by atoms with Gasteiger partial charge in [-0.25, -0.2) is 9.37 Å². The van der Waals surface area contributed by atoms with Crippen LogP contribution in [0.3, 0.4) is 0 Å². The molecule has 0 amide bonds. The summed E-state index contributed by atoms with van der Waals surface area (Å²) in [6, 6.07) is 2.58. The van der Waals surface area contributed by atoms with Crippen LogP contribution in [-0.4, -0.2) is 14.5 Å². The van der Waals surface area contributed by atoms with Gasteiger partial charge in [-0.3, -0.25) is 14.3 Å². The molecule has 18 heavy (non-hydrogen) atoms. The fourth-order valence-electron chi connectivity index (χ4n) is 1.69. The molecule has 0 aliphatic heterocycles. The maximum Gasteiger partial charge on any atom is 0.255 e. The van der Waals surface area contributed by atoms with Crippen LogP contribution >= 0.6 is 11.6 Å². The maximum atomic E-state index is 13.0. The van der Waals surface area contributed by atoms with Crippen LogP contribution in [0.5, 0.6) is 0 Å². The normalized spacial score (nSPS) is 10.6. The van der Waals surface area contributed by atoms with E-state index in [0.717, 1.165) is 6.20 Å². The number of pyridine rings is 1. The van der Waals surface area contributed by atoms with Crippen molar-refractivity contribution >= 4 is 11.6 Å². The first-order valence-electron chi connectivity index (χ1n) is 5.46. The fraction of sp³-hybridized carbons (Fsp3) is 0.250. The van der Waals surface area contributed by atoms with E-state index in [1.54, 1.807) is 0 Å². The number of aryl methyl sites for hydroxylation is 1. The van der Waals surface area contributed by atoms with Crippen LogP contribution in [0.25, 0.3) is 0 Å². The Morgan fingerprint density at radius 2 is 2.17 bits per heavy atom. The molecule has 0 aliphatic rings. The van der Waals surface area contributed by atoms with Crippen molar-refractivity contribution < 1.29 is 4.39 Å². The van der Waals surface area contributed by atoms with E-state index in [1.807, 2.05) is 6.92 Å². The number of rotatable bonds is 3. The second kappa shape index (κ2) is 5.27.